The standard InChI is InChI=1S/C12H12INO3/c13-10-3-1-9(2-4-10)11(15)7-14-5-6-17-8-12(14)16/h1-4H,5-8H2. The number of amides is 1. The summed E-state index contributed by atoms with van der Waals surface area (Å²) >= 11 is 2.19. The molecule has 1 amide bonds. The molecule has 0 unspecified atom stereocenters. The topological polar surface area (TPSA) is 46.6 Å². The third kappa shape index (κ3) is 3.26. The maximum Gasteiger partial charge on any atom is 0.249 e. The first-order valence-corrected chi connectivity index (χ1v) is 6.39. The summed E-state index contributed by atoms with van der Waals surface area (Å²) in [6, 6.07) is 7.34. The maximum absolute atomic E-state index is 11.9. The minimum Gasteiger partial charge on any atom is -0.370 e. The average molecular weight is 345 g/mol. The van der Waals surface area contributed by atoms with Crippen molar-refractivity contribution in [2.45, 2.75) is 0 Å². The summed E-state index contributed by atoms with van der Waals surface area (Å²) < 4.78 is 6.10. The quantitative estimate of drug-likeness (QED) is 0.614. The fourth-order valence-electron chi connectivity index (χ4n) is 1.62. The molecule has 0 atom stereocenters. The molecule has 0 saturated carbocycles. The van der Waals surface area contributed by atoms with E-state index in [1.807, 2.05) is 12.1 Å². The van der Waals surface area contributed by atoms with E-state index in [-0.39, 0.29) is 24.8 Å². The summed E-state index contributed by atoms with van der Waals surface area (Å²) in [4.78, 5) is 24.9. The van der Waals surface area contributed by atoms with Crippen LogP contribution in [0, 0.1) is 3.57 Å². The number of Topliss-reactive ketones (excluding diaryl/α,β-unsaturated/α-hetero) is 1. The van der Waals surface area contributed by atoms with Gasteiger partial charge in [-0.2, -0.15) is 0 Å². The van der Waals surface area contributed by atoms with E-state index in [4.69, 9.17) is 4.74 Å². The minimum atomic E-state index is -0.116. The van der Waals surface area contributed by atoms with Crippen LogP contribution < -0.4 is 0 Å². The van der Waals surface area contributed by atoms with Gasteiger partial charge in [-0.1, -0.05) is 12.1 Å². The molecule has 17 heavy (non-hydrogen) atoms. The number of benzene rings is 1. The van der Waals surface area contributed by atoms with E-state index < -0.39 is 0 Å². The van der Waals surface area contributed by atoms with Gasteiger partial charge in [-0.05, 0) is 34.7 Å². The van der Waals surface area contributed by atoms with Gasteiger partial charge in [0.25, 0.3) is 0 Å². The molecule has 1 aliphatic heterocycles. The monoisotopic (exact) mass is 345 g/mol. The summed E-state index contributed by atoms with van der Waals surface area (Å²) in [5.41, 5.74) is 0.643. The van der Waals surface area contributed by atoms with Crippen LogP contribution in [0.15, 0.2) is 24.3 Å². The third-order valence-electron chi connectivity index (χ3n) is 2.58. The zero-order chi connectivity index (χ0) is 12.3. The van der Waals surface area contributed by atoms with Crippen molar-refractivity contribution >= 4 is 34.3 Å². The largest absolute Gasteiger partial charge is 0.370 e. The van der Waals surface area contributed by atoms with Crippen LogP contribution in [0.4, 0.5) is 0 Å². The van der Waals surface area contributed by atoms with Gasteiger partial charge in [-0.15, -0.1) is 0 Å². The molecule has 1 heterocycles. The smallest absolute Gasteiger partial charge is 0.249 e. The Morgan fingerprint density at radius 3 is 2.71 bits per heavy atom. The second-order valence-electron chi connectivity index (χ2n) is 3.80. The Morgan fingerprint density at radius 2 is 2.06 bits per heavy atom. The van der Waals surface area contributed by atoms with E-state index in [1.54, 1.807) is 17.0 Å². The third-order valence-corrected chi connectivity index (χ3v) is 3.30. The molecule has 5 heteroatoms. The summed E-state index contributed by atoms with van der Waals surface area (Å²) in [5, 5.41) is 0. The maximum atomic E-state index is 11.9. The SMILES string of the molecule is O=C(CN1CCOCC1=O)c1ccc(I)cc1. The molecule has 1 fully saturated rings. The zero-order valence-corrected chi connectivity index (χ0v) is 11.3. The fraction of sp³-hybridized carbons (Fsp3) is 0.333. The molecule has 4 nitrogen and oxygen atoms in total. The highest BCUT2D eigenvalue weighted by atomic mass is 127. The van der Waals surface area contributed by atoms with E-state index in [2.05, 4.69) is 22.6 Å². The van der Waals surface area contributed by atoms with Crippen LogP contribution in [0.1, 0.15) is 10.4 Å². The van der Waals surface area contributed by atoms with Crippen molar-refractivity contribution in [3.05, 3.63) is 33.4 Å². The Morgan fingerprint density at radius 1 is 1.35 bits per heavy atom. The number of halogens is 1. The molecular formula is C12H12INO3. The Kier molecular flexibility index (Phi) is 4.11. The second kappa shape index (κ2) is 5.59. The molecule has 0 spiro atoms. The van der Waals surface area contributed by atoms with Crippen molar-refractivity contribution in [2.24, 2.45) is 0 Å². The predicted molar refractivity (Wildman–Crippen MR) is 70.9 cm³/mol. The Hall–Kier alpha value is -0.950. The first-order valence-electron chi connectivity index (χ1n) is 5.31. The molecule has 0 radical (unpaired) electrons. The number of nitrogens with zero attached hydrogens (tertiary/aromatic N) is 1. The number of hydrogen-bond acceptors (Lipinski definition) is 3. The van der Waals surface area contributed by atoms with Crippen LogP contribution in [-0.4, -0.2) is 42.9 Å². The number of carbonyl (C=O) groups excluding carboxylic acids is 2. The Labute approximate surface area is 113 Å². The fourth-order valence-corrected chi connectivity index (χ4v) is 1.98. The van der Waals surface area contributed by atoms with Gasteiger partial charge in [0.2, 0.25) is 5.91 Å². The van der Waals surface area contributed by atoms with Gasteiger partial charge in [0.15, 0.2) is 5.78 Å². The predicted octanol–water partition coefficient (Wildman–Crippen LogP) is 1.33. The lowest BCUT2D eigenvalue weighted by Gasteiger charge is -2.25. The molecule has 1 aromatic carbocycles. The molecule has 0 aromatic heterocycles. The molecule has 1 aromatic rings. The van der Waals surface area contributed by atoms with Gasteiger partial charge in [0.05, 0.1) is 13.2 Å². The molecule has 0 N–H and O–H groups in total. The summed E-state index contributed by atoms with van der Waals surface area (Å²) in [6.07, 6.45) is 0. The highest BCUT2D eigenvalue weighted by molar-refractivity contribution is 14.1. The van der Waals surface area contributed by atoms with Crippen molar-refractivity contribution in [1.29, 1.82) is 0 Å². The van der Waals surface area contributed by atoms with Crippen molar-refractivity contribution < 1.29 is 14.3 Å². The lowest BCUT2D eigenvalue weighted by atomic mass is 10.1. The Bertz CT molecular complexity index is 430. The number of ether oxygens (including phenoxy) is 1. The van der Waals surface area contributed by atoms with Gasteiger partial charge < -0.3 is 9.64 Å². The van der Waals surface area contributed by atoms with Crippen LogP contribution in [0.2, 0.25) is 0 Å². The number of ketones is 1. The molecule has 2 rings (SSSR count). The first kappa shape index (κ1) is 12.5. The normalized spacial score (nSPS) is 16.1. The van der Waals surface area contributed by atoms with Crippen LogP contribution in [0.5, 0.6) is 0 Å². The number of morpholine rings is 1. The molecule has 1 saturated heterocycles. The van der Waals surface area contributed by atoms with Gasteiger partial charge in [-0.25, -0.2) is 0 Å². The van der Waals surface area contributed by atoms with Crippen molar-refractivity contribution in [3.8, 4) is 0 Å². The highest BCUT2D eigenvalue weighted by Gasteiger charge is 2.21. The van der Waals surface area contributed by atoms with E-state index in [0.29, 0.717) is 18.7 Å². The lowest BCUT2D eigenvalue weighted by Crippen LogP contribution is -2.44. The van der Waals surface area contributed by atoms with Gasteiger partial charge in [-0.3, -0.25) is 9.59 Å². The minimum absolute atomic E-state index is 0.0309. The molecule has 0 bridgehead atoms. The van der Waals surface area contributed by atoms with Crippen molar-refractivity contribution in [2.75, 3.05) is 26.3 Å². The molecule has 1 aliphatic rings. The second-order valence-corrected chi connectivity index (χ2v) is 5.04. The summed E-state index contributed by atoms with van der Waals surface area (Å²) in [5.74, 6) is -0.147. The van der Waals surface area contributed by atoms with Crippen LogP contribution in [0.3, 0.4) is 0 Å². The van der Waals surface area contributed by atoms with E-state index in [0.717, 1.165) is 3.57 Å². The number of rotatable bonds is 3. The molecule has 0 aliphatic carbocycles. The van der Waals surface area contributed by atoms with Gasteiger partial charge >= 0.3 is 0 Å². The van der Waals surface area contributed by atoms with Crippen LogP contribution >= 0.6 is 22.6 Å². The zero-order valence-electron chi connectivity index (χ0n) is 9.19. The van der Waals surface area contributed by atoms with Crippen LogP contribution in [-0.2, 0) is 9.53 Å². The van der Waals surface area contributed by atoms with E-state index >= 15 is 0 Å². The number of hydrogen-bond donors (Lipinski definition) is 0. The first-order chi connectivity index (χ1) is 8.16. The highest BCUT2D eigenvalue weighted by Crippen LogP contribution is 2.09. The van der Waals surface area contributed by atoms with Gasteiger partial charge in [0, 0.05) is 15.7 Å². The van der Waals surface area contributed by atoms with E-state index in [1.165, 1.54) is 0 Å². The van der Waals surface area contributed by atoms with Gasteiger partial charge in [0.1, 0.15) is 6.61 Å². The number of carbonyl (C=O) groups is 2. The Balaban J connectivity index is 2.01. The lowest BCUT2D eigenvalue weighted by molar-refractivity contribution is -0.141. The van der Waals surface area contributed by atoms with E-state index in [9.17, 15) is 9.59 Å². The van der Waals surface area contributed by atoms with Crippen molar-refractivity contribution in [3.63, 3.8) is 0 Å². The summed E-state index contributed by atoms with van der Waals surface area (Å²) in [6.45, 7) is 1.23. The van der Waals surface area contributed by atoms with Crippen LogP contribution in [0.25, 0.3) is 0 Å². The molecule has 90 valence electrons. The average Bonchev–Trinajstić information content (AvgIpc) is 2.33. The molecular weight excluding hydrogens is 333 g/mol. The van der Waals surface area contributed by atoms with Crippen molar-refractivity contribution in [1.82, 2.24) is 4.90 Å². The summed E-state index contributed by atoms with van der Waals surface area (Å²) in [7, 11) is 0.